The third-order valence-corrected chi connectivity index (χ3v) is 6.96. The SMILES string of the molecule is COc1ccccc1NC(=O)N1CCC2(CCC(=O)N(C3CCN(C)C3)C2)CC1. The lowest BCUT2D eigenvalue weighted by Crippen LogP contribution is -2.55. The molecule has 158 valence electrons. The Morgan fingerprint density at radius 2 is 1.93 bits per heavy atom. The van der Waals surface area contributed by atoms with E-state index < -0.39 is 0 Å². The number of benzene rings is 1. The van der Waals surface area contributed by atoms with Gasteiger partial charge in [-0.3, -0.25) is 4.79 Å². The van der Waals surface area contributed by atoms with Gasteiger partial charge in [-0.1, -0.05) is 12.1 Å². The van der Waals surface area contributed by atoms with Crippen LogP contribution in [0.5, 0.6) is 5.75 Å². The molecule has 3 heterocycles. The lowest BCUT2D eigenvalue weighted by molar-refractivity contribution is -0.141. The third kappa shape index (κ3) is 4.20. The van der Waals surface area contributed by atoms with Crippen LogP contribution in [-0.4, -0.2) is 79.6 Å². The molecule has 0 aromatic heterocycles. The van der Waals surface area contributed by atoms with E-state index in [1.165, 1.54) is 0 Å². The Morgan fingerprint density at radius 1 is 1.17 bits per heavy atom. The van der Waals surface area contributed by atoms with E-state index in [0.717, 1.165) is 58.4 Å². The van der Waals surface area contributed by atoms with Gasteiger partial charge in [0.1, 0.15) is 5.75 Å². The van der Waals surface area contributed by atoms with Gasteiger partial charge in [-0.15, -0.1) is 0 Å². The number of urea groups is 1. The number of methoxy groups -OCH3 is 1. The van der Waals surface area contributed by atoms with Crippen molar-refractivity contribution in [1.29, 1.82) is 0 Å². The van der Waals surface area contributed by atoms with Gasteiger partial charge in [0.2, 0.25) is 5.91 Å². The summed E-state index contributed by atoms with van der Waals surface area (Å²) in [6, 6.07) is 7.75. The summed E-state index contributed by atoms with van der Waals surface area (Å²) in [6.45, 7) is 4.36. The summed E-state index contributed by atoms with van der Waals surface area (Å²) >= 11 is 0. The zero-order chi connectivity index (χ0) is 20.4. The molecular weight excluding hydrogens is 368 g/mol. The molecule has 3 aliphatic heterocycles. The van der Waals surface area contributed by atoms with Crippen LogP contribution in [0.1, 0.15) is 32.1 Å². The van der Waals surface area contributed by atoms with Crippen LogP contribution >= 0.6 is 0 Å². The first-order chi connectivity index (χ1) is 14.0. The molecule has 7 heteroatoms. The molecule has 3 fully saturated rings. The molecule has 1 atom stereocenters. The van der Waals surface area contributed by atoms with Crippen LogP contribution in [0, 0.1) is 5.41 Å². The molecule has 1 unspecified atom stereocenters. The first kappa shape index (κ1) is 20.0. The standard InChI is InChI=1S/C22H32N4O3/c1-24-12-8-17(15-24)26-16-22(9-7-20(26)27)10-13-25(14-11-22)21(28)23-18-5-3-4-6-19(18)29-2/h3-6,17H,7-16H2,1-2H3,(H,23,28). The molecule has 7 nitrogen and oxygen atoms in total. The summed E-state index contributed by atoms with van der Waals surface area (Å²) < 4.78 is 5.33. The number of carbonyl (C=O) groups excluding carboxylic acids is 2. The minimum atomic E-state index is -0.0782. The van der Waals surface area contributed by atoms with Crippen molar-refractivity contribution in [2.24, 2.45) is 5.41 Å². The number of para-hydroxylation sites is 2. The van der Waals surface area contributed by atoms with Crippen molar-refractivity contribution < 1.29 is 14.3 Å². The van der Waals surface area contributed by atoms with E-state index in [1.54, 1.807) is 7.11 Å². The number of nitrogens with one attached hydrogen (secondary N) is 1. The van der Waals surface area contributed by atoms with Gasteiger partial charge in [0.15, 0.2) is 0 Å². The fraction of sp³-hybridized carbons (Fsp3) is 0.636. The Morgan fingerprint density at radius 3 is 2.62 bits per heavy atom. The summed E-state index contributed by atoms with van der Waals surface area (Å²) in [5, 5.41) is 2.98. The van der Waals surface area contributed by atoms with E-state index >= 15 is 0 Å². The zero-order valence-electron chi connectivity index (χ0n) is 17.5. The van der Waals surface area contributed by atoms with Gasteiger partial charge in [-0.25, -0.2) is 4.79 Å². The third-order valence-electron chi connectivity index (χ3n) is 6.96. The number of likely N-dealkylation sites (tertiary alicyclic amines) is 3. The predicted octanol–water partition coefficient (Wildman–Crippen LogP) is 2.64. The highest BCUT2D eigenvalue weighted by Crippen LogP contribution is 2.41. The smallest absolute Gasteiger partial charge is 0.321 e. The van der Waals surface area contributed by atoms with E-state index in [-0.39, 0.29) is 11.4 Å². The highest BCUT2D eigenvalue weighted by Gasteiger charge is 2.44. The minimum absolute atomic E-state index is 0.0782. The summed E-state index contributed by atoms with van der Waals surface area (Å²) in [7, 11) is 3.73. The first-order valence-corrected chi connectivity index (χ1v) is 10.7. The van der Waals surface area contributed by atoms with Crippen LogP contribution in [0.3, 0.4) is 0 Å². The Kier molecular flexibility index (Phi) is 5.67. The summed E-state index contributed by atoms with van der Waals surface area (Å²) in [5.74, 6) is 0.976. The quantitative estimate of drug-likeness (QED) is 0.847. The van der Waals surface area contributed by atoms with Crippen molar-refractivity contribution >= 4 is 17.6 Å². The van der Waals surface area contributed by atoms with Crippen LogP contribution in [-0.2, 0) is 4.79 Å². The molecule has 3 amide bonds. The van der Waals surface area contributed by atoms with Crippen molar-refractivity contribution in [1.82, 2.24) is 14.7 Å². The number of anilines is 1. The van der Waals surface area contributed by atoms with Gasteiger partial charge in [0.25, 0.3) is 0 Å². The largest absolute Gasteiger partial charge is 0.495 e. The summed E-state index contributed by atoms with van der Waals surface area (Å²) in [5.41, 5.74) is 0.858. The molecule has 0 saturated carbocycles. The fourth-order valence-electron chi connectivity index (χ4n) is 5.08. The van der Waals surface area contributed by atoms with Crippen LogP contribution < -0.4 is 10.1 Å². The van der Waals surface area contributed by atoms with Gasteiger partial charge in [0.05, 0.1) is 12.8 Å². The van der Waals surface area contributed by atoms with Gasteiger partial charge in [0, 0.05) is 38.6 Å². The highest BCUT2D eigenvalue weighted by atomic mass is 16.5. The maximum absolute atomic E-state index is 12.8. The van der Waals surface area contributed by atoms with Crippen molar-refractivity contribution in [3.05, 3.63) is 24.3 Å². The number of nitrogens with zero attached hydrogens (tertiary/aromatic N) is 3. The van der Waals surface area contributed by atoms with Crippen molar-refractivity contribution in [2.45, 2.75) is 38.1 Å². The Hall–Kier alpha value is -2.28. The number of ether oxygens (including phenoxy) is 1. The Labute approximate surface area is 173 Å². The molecule has 1 spiro atoms. The number of amides is 3. The molecule has 4 rings (SSSR count). The monoisotopic (exact) mass is 400 g/mol. The van der Waals surface area contributed by atoms with Gasteiger partial charge >= 0.3 is 6.03 Å². The number of hydrogen-bond acceptors (Lipinski definition) is 4. The first-order valence-electron chi connectivity index (χ1n) is 10.7. The predicted molar refractivity (Wildman–Crippen MR) is 112 cm³/mol. The number of rotatable bonds is 3. The number of likely N-dealkylation sites (N-methyl/N-ethyl adjacent to an activating group) is 1. The van der Waals surface area contributed by atoms with Crippen molar-refractivity contribution in [3.63, 3.8) is 0 Å². The second kappa shape index (κ2) is 8.22. The molecule has 3 aliphatic rings. The van der Waals surface area contributed by atoms with Crippen LogP contribution in [0.15, 0.2) is 24.3 Å². The maximum atomic E-state index is 12.8. The van der Waals surface area contributed by atoms with E-state index in [4.69, 9.17) is 4.74 Å². The number of piperidine rings is 2. The normalized spacial score (nSPS) is 24.8. The molecule has 0 radical (unpaired) electrons. The molecule has 1 aromatic carbocycles. The zero-order valence-corrected chi connectivity index (χ0v) is 17.5. The fourth-order valence-corrected chi connectivity index (χ4v) is 5.08. The van der Waals surface area contributed by atoms with Crippen LogP contribution in [0.2, 0.25) is 0 Å². The van der Waals surface area contributed by atoms with Crippen molar-refractivity contribution in [2.75, 3.05) is 52.2 Å². The molecule has 29 heavy (non-hydrogen) atoms. The second-order valence-electron chi connectivity index (χ2n) is 8.84. The lowest BCUT2D eigenvalue weighted by Gasteiger charge is -2.48. The van der Waals surface area contributed by atoms with Gasteiger partial charge in [-0.05, 0) is 56.8 Å². The summed E-state index contributed by atoms with van der Waals surface area (Å²) in [4.78, 5) is 31.7. The summed E-state index contributed by atoms with van der Waals surface area (Å²) in [6.07, 6.45) is 4.59. The maximum Gasteiger partial charge on any atom is 0.321 e. The molecular formula is C22H32N4O3. The van der Waals surface area contributed by atoms with E-state index in [9.17, 15) is 9.59 Å². The number of carbonyl (C=O) groups is 2. The molecule has 1 aromatic rings. The Balaban J connectivity index is 1.36. The highest BCUT2D eigenvalue weighted by molar-refractivity contribution is 5.91. The molecule has 0 aliphatic carbocycles. The Bertz CT molecular complexity index is 760. The molecule has 0 bridgehead atoms. The van der Waals surface area contributed by atoms with E-state index in [1.807, 2.05) is 29.2 Å². The van der Waals surface area contributed by atoms with Crippen LogP contribution in [0.4, 0.5) is 10.5 Å². The van der Waals surface area contributed by atoms with Crippen molar-refractivity contribution in [3.8, 4) is 5.75 Å². The van der Waals surface area contributed by atoms with Gasteiger partial charge in [-0.2, -0.15) is 0 Å². The topological polar surface area (TPSA) is 65.1 Å². The number of hydrogen-bond donors (Lipinski definition) is 1. The average molecular weight is 401 g/mol. The molecule has 1 N–H and O–H groups in total. The lowest BCUT2D eigenvalue weighted by atomic mass is 9.72. The molecule has 3 saturated heterocycles. The van der Waals surface area contributed by atoms with Gasteiger partial charge < -0.3 is 24.8 Å². The van der Waals surface area contributed by atoms with Crippen LogP contribution in [0.25, 0.3) is 0 Å². The minimum Gasteiger partial charge on any atom is -0.495 e. The average Bonchev–Trinajstić information content (AvgIpc) is 3.17. The second-order valence-corrected chi connectivity index (χ2v) is 8.84. The van der Waals surface area contributed by atoms with E-state index in [2.05, 4.69) is 22.2 Å². The van der Waals surface area contributed by atoms with E-state index in [0.29, 0.717) is 29.8 Å².